The number of hydrogen-bond donors (Lipinski definition) is 0. The zero-order valence-electron chi connectivity index (χ0n) is 8.50. The molecule has 0 aliphatic carbocycles. The maximum Gasteiger partial charge on any atom is 0.342 e. The Morgan fingerprint density at radius 3 is 2.07 bits per heavy atom. The molecule has 76 valence electrons. The number of carbonyl (C=O) groups is 2. The van der Waals surface area contributed by atoms with E-state index in [1.165, 1.54) is 19.3 Å². The van der Waals surface area contributed by atoms with Gasteiger partial charge in [0.2, 0.25) is 0 Å². The van der Waals surface area contributed by atoms with E-state index in [1.807, 2.05) is 0 Å². The summed E-state index contributed by atoms with van der Waals surface area (Å²) in [4.78, 5) is 22.7. The van der Waals surface area contributed by atoms with Crippen LogP contribution in [0.15, 0.2) is 36.5 Å². The van der Waals surface area contributed by atoms with Gasteiger partial charge in [0.1, 0.15) is 5.57 Å². The van der Waals surface area contributed by atoms with Crippen molar-refractivity contribution in [3.05, 3.63) is 36.5 Å². The first-order valence-corrected chi connectivity index (χ1v) is 4.23. The molecule has 0 atom stereocenters. The van der Waals surface area contributed by atoms with Gasteiger partial charge < -0.3 is 4.74 Å². The number of esters is 1. The summed E-state index contributed by atoms with van der Waals surface area (Å²) < 4.78 is 4.51. The van der Waals surface area contributed by atoms with Gasteiger partial charge >= 0.3 is 5.97 Å². The lowest BCUT2D eigenvalue weighted by Gasteiger charge is -2.05. The van der Waals surface area contributed by atoms with E-state index in [0.29, 0.717) is 5.57 Å². The Labute approximate surface area is 83.8 Å². The number of Topliss-reactive ketones (excluding diaryl/α,β-unsaturated/α-hetero) is 1. The molecule has 0 rings (SSSR count). The fourth-order valence-corrected chi connectivity index (χ4v) is 0.959. The number of hydrogen-bond acceptors (Lipinski definition) is 3. The van der Waals surface area contributed by atoms with Gasteiger partial charge in [-0.05, 0) is 5.57 Å². The first-order chi connectivity index (χ1) is 6.62. The van der Waals surface area contributed by atoms with Crippen LogP contribution in [0.25, 0.3) is 0 Å². The number of carbonyl (C=O) groups excluding carboxylic acids is 2. The Kier molecular flexibility index (Phi) is 5.22. The maximum absolute atomic E-state index is 11.4. The minimum absolute atomic E-state index is 0.0139. The van der Waals surface area contributed by atoms with Gasteiger partial charge in [-0.25, -0.2) is 4.79 Å². The molecule has 0 bridgehead atoms. The van der Waals surface area contributed by atoms with Crippen LogP contribution >= 0.6 is 0 Å². The summed E-state index contributed by atoms with van der Waals surface area (Å²) in [6.45, 7) is 8.67. The third-order valence-electron chi connectivity index (χ3n) is 1.72. The highest BCUT2D eigenvalue weighted by Gasteiger charge is 2.19. The number of ether oxygens (including phenoxy) is 1. The van der Waals surface area contributed by atoms with Crippen molar-refractivity contribution in [3.8, 4) is 0 Å². The quantitative estimate of drug-likeness (QED) is 0.220. The molecule has 0 saturated heterocycles. The van der Waals surface area contributed by atoms with E-state index < -0.39 is 5.97 Å². The van der Waals surface area contributed by atoms with Gasteiger partial charge in [-0.1, -0.05) is 32.2 Å². The Morgan fingerprint density at radius 1 is 1.29 bits per heavy atom. The molecule has 0 spiro atoms. The second-order valence-corrected chi connectivity index (χ2v) is 2.51. The van der Waals surface area contributed by atoms with Gasteiger partial charge in [-0.2, -0.15) is 0 Å². The Morgan fingerprint density at radius 2 is 1.79 bits per heavy atom. The van der Waals surface area contributed by atoms with Crippen molar-refractivity contribution in [1.82, 2.24) is 0 Å². The van der Waals surface area contributed by atoms with E-state index in [-0.39, 0.29) is 17.8 Å². The molecule has 0 radical (unpaired) electrons. The Hall–Kier alpha value is -1.64. The molecule has 0 aliphatic rings. The highest BCUT2D eigenvalue weighted by atomic mass is 16.5. The average molecular weight is 194 g/mol. The number of rotatable bonds is 5. The number of allylic oxidation sites excluding steroid dienone is 3. The molecule has 14 heavy (non-hydrogen) atoms. The molecule has 3 heteroatoms. The van der Waals surface area contributed by atoms with E-state index in [1.54, 1.807) is 6.92 Å². The van der Waals surface area contributed by atoms with Crippen molar-refractivity contribution in [1.29, 1.82) is 0 Å². The third kappa shape index (κ3) is 2.69. The zero-order valence-corrected chi connectivity index (χ0v) is 8.50. The van der Waals surface area contributed by atoms with Crippen molar-refractivity contribution in [2.45, 2.75) is 13.3 Å². The molecule has 3 nitrogen and oxygen atoms in total. The van der Waals surface area contributed by atoms with Crippen molar-refractivity contribution in [2.24, 2.45) is 0 Å². The summed E-state index contributed by atoms with van der Waals surface area (Å²) in [6.07, 6.45) is 3.06. The van der Waals surface area contributed by atoms with Gasteiger partial charge in [-0.15, -0.1) is 0 Å². The van der Waals surface area contributed by atoms with Gasteiger partial charge in [0, 0.05) is 6.42 Å². The first-order valence-electron chi connectivity index (χ1n) is 4.23. The highest BCUT2D eigenvalue weighted by Crippen LogP contribution is 2.11. The predicted molar refractivity (Wildman–Crippen MR) is 54.7 cm³/mol. The summed E-state index contributed by atoms with van der Waals surface area (Å²) in [7, 11) is 1.23. The minimum Gasteiger partial charge on any atom is -0.465 e. The molecular weight excluding hydrogens is 180 g/mol. The Bertz CT molecular complexity index is 270. The SMILES string of the molecule is C=CC(C=C)=C(C(=O)CC)C(=O)OC. The lowest BCUT2D eigenvalue weighted by Crippen LogP contribution is -2.15. The fourth-order valence-electron chi connectivity index (χ4n) is 0.959. The van der Waals surface area contributed by atoms with Crippen LogP contribution in [0.5, 0.6) is 0 Å². The van der Waals surface area contributed by atoms with E-state index in [4.69, 9.17) is 0 Å². The van der Waals surface area contributed by atoms with Crippen molar-refractivity contribution < 1.29 is 14.3 Å². The lowest BCUT2D eigenvalue weighted by molar-refractivity contribution is -0.137. The van der Waals surface area contributed by atoms with Gasteiger partial charge in [0.05, 0.1) is 7.11 Å². The van der Waals surface area contributed by atoms with Crippen LogP contribution < -0.4 is 0 Å². The summed E-state index contributed by atoms with van der Waals surface area (Å²) in [5.41, 5.74) is 0.420. The lowest BCUT2D eigenvalue weighted by atomic mass is 10.0. The molecule has 0 amide bonds. The summed E-state index contributed by atoms with van der Waals surface area (Å²) >= 11 is 0. The number of ketones is 1. The first kappa shape index (κ1) is 12.4. The molecule has 0 saturated carbocycles. The third-order valence-corrected chi connectivity index (χ3v) is 1.72. The van der Waals surface area contributed by atoms with Crippen molar-refractivity contribution in [3.63, 3.8) is 0 Å². The maximum atomic E-state index is 11.4. The molecule has 0 fully saturated rings. The van der Waals surface area contributed by atoms with Crippen LogP contribution in [-0.4, -0.2) is 18.9 Å². The van der Waals surface area contributed by atoms with Crippen LogP contribution in [0.1, 0.15) is 13.3 Å². The number of methoxy groups -OCH3 is 1. The Balaban J connectivity index is 5.37. The second-order valence-electron chi connectivity index (χ2n) is 2.51. The minimum atomic E-state index is -0.647. The van der Waals surface area contributed by atoms with E-state index in [0.717, 1.165) is 0 Å². The largest absolute Gasteiger partial charge is 0.465 e. The zero-order chi connectivity index (χ0) is 11.1. The molecule has 0 aromatic heterocycles. The van der Waals surface area contributed by atoms with E-state index in [9.17, 15) is 9.59 Å². The molecule has 0 aromatic rings. The fraction of sp³-hybridized carbons (Fsp3) is 0.273. The van der Waals surface area contributed by atoms with Gasteiger partial charge in [-0.3, -0.25) is 4.79 Å². The van der Waals surface area contributed by atoms with Gasteiger partial charge in [0.25, 0.3) is 0 Å². The van der Waals surface area contributed by atoms with E-state index >= 15 is 0 Å². The molecule has 0 aromatic carbocycles. The van der Waals surface area contributed by atoms with Crippen molar-refractivity contribution in [2.75, 3.05) is 7.11 Å². The topological polar surface area (TPSA) is 43.4 Å². The monoisotopic (exact) mass is 194 g/mol. The summed E-state index contributed by atoms with van der Waals surface area (Å²) in [5.74, 6) is -0.918. The molecule has 0 unspecified atom stereocenters. The second kappa shape index (κ2) is 5.91. The van der Waals surface area contributed by atoms with Gasteiger partial charge in [0.15, 0.2) is 5.78 Å². The molecule has 0 N–H and O–H groups in total. The van der Waals surface area contributed by atoms with Crippen LogP contribution in [-0.2, 0) is 14.3 Å². The standard InChI is InChI=1S/C11H14O3/c1-5-8(6-2)10(9(12)7-3)11(13)14-4/h5-6H,1-2,7H2,3-4H3. The summed E-state index contributed by atoms with van der Waals surface area (Å²) in [6, 6.07) is 0. The van der Waals surface area contributed by atoms with Crippen LogP contribution in [0.3, 0.4) is 0 Å². The molecule has 0 aliphatic heterocycles. The van der Waals surface area contributed by atoms with Crippen molar-refractivity contribution >= 4 is 11.8 Å². The average Bonchev–Trinajstić information content (AvgIpc) is 2.23. The normalized spacial score (nSPS) is 8.71. The predicted octanol–water partition coefficient (Wildman–Crippen LogP) is 1.81. The van der Waals surface area contributed by atoms with Crippen LogP contribution in [0.4, 0.5) is 0 Å². The van der Waals surface area contributed by atoms with Crippen LogP contribution in [0, 0.1) is 0 Å². The summed E-state index contributed by atoms with van der Waals surface area (Å²) in [5, 5.41) is 0. The van der Waals surface area contributed by atoms with Crippen LogP contribution in [0.2, 0.25) is 0 Å². The smallest absolute Gasteiger partial charge is 0.342 e. The van der Waals surface area contributed by atoms with E-state index in [2.05, 4.69) is 17.9 Å². The molecular formula is C11H14O3. The molecule has 0 heterocycles. The highest BCUT2D eigenvalue weighted by molar-refractivity contribution is 6.18.